The van der Waals surface area contributed by atoms with Gasteiger partial charge in [-0.05, 0) is 36.0 Å². The van der Waals surface area contributed by atoms with Crippen LogP contribution in [0.4, 0.5) is 0 Å². The van der Waals surface area contributed by atoms with Crippen molar-refractivity contribution < 1.29 is 14.0 Å². The summed E-state index contributed by atoms with van der Waals surface area (Å²) in [6.45, 7) is 15.6. The third-order valence-electron chi connectivity index (χ3n) is 6.08. The molecule has 0 aromatic heterocycles. The molecule has 27 heavy (non-hydrogen) atoms. The van der Waals surface area contributed by atoms with Gasteiger partial charge in [-0.25, -0.2) is 0 Å². The van der Waals surface area contributed by atoms with Gasteiger partial charge < -0.3 is 9.16 Å². The van der Waals surface area contributed by atoms with Gasteiger partial charge in [-0.15, -0.1) is 0 Å². The van der Waals surface area contributed by atoms with Crippen molar-refractivity contribution in [1.82, 2.24) is 0 Å². The maximum atomic E-state index is 12.8. The predicted molar refractivity (Wildman–Crippen MR) is 117 cm³/mol. The number of unbranched alkanes of at least 4 members (excludes halogenated alkanes) is 2. The van der Waals surface area contributed by atoms with E-state index in [-0.39, 0.29) is 28.9 Å². The average Bonchev–Trinajstić information content (AvgIpc) is 2.61. The molecule has 3 nitrogen and oxygen atoms in total. The summed E-state index contributed by atoms with van der Waals surface area (Å²) in [5.74, 6) is -0.398. The van der Waals surface area contributed by atoms with Crippen molar-refractivity contribution in [2.24, 2.45) is 5.92 Å². The van der Waals surface area contributed by atoms with Gasteiger partial charge in [0.1, 0.15) is 0 Å². The van der Waals surface area contributed by atoms with E-state index in [0.717, 1.165) is 31.2 Å². The van der Waals surface area contributed by atoms with Crippen LogP contribution in [0.25, 0.3) is 0 Å². The van der Waals surface area contributed by atoms with E-state index in [0.29, 0.717) is 0 Å². The van der Waals surface area contributed by atoms with Crippen LogP contribution in [0.3, 0.4) is 0 Å². The summed E-state index contributed by atoms with van der Waals surface area (Å²) in [5.41, 5.74) is 1.16. The molecule has 0 fully saturated rings. The summed E-state index contributed by atoms with van der Waals surface area (Å²) >= 11 is 0. The van der Waals surface area contributed by atoms with Crippen LogP contribution in [0.1, 0.15) is 71.8 Å². The highest BCUT2D eigenvalue weighted by molar-refractivity contribution is 6.74. The molecule has 0 saturated heterocycles. The molecular formula is C23H40O3Si. The van der Waals surface area contributed by atoms with Gasteiger partial charge in [-0.3, -0.25) is 4.79 Å². The molecule has 1 aromatic carbocycles. The largest absolute Gasteiger partial charge is 0.469 e. The van der Waals surface area contributed by atoms with Gasteiger partial charge in [0.2, 0.25) is 0 Å². The first-order valence-corrected chi connectivity index (χ1v) is 13.3. The SMILES string of the molecule is CCCCC[C@H](O[Si](C)(C)C(C)(C)C)[C@@H](C(=O)OC)[C@H](C)c1ccccc1. The second kappa shape index (κ2) is 10.4. The van der Waals surface area contributed by atoms with Crippen molar-refractivity contribution in [2.75, 3.05) is 7.11 Å². The Labute approximate surface area is 168 Å². The summed E-state index contributed by atoms with van der Waals surface area (Å²) in [6.07, 6.45) is 4.18. The molecule has 0 aliphatic carbocycles. The van der Waals surface area contributed by atoms with Crippen LogP contribution in [0.2, 0.25) is 18.1 Å². The van der Waals surface area contributed by atoms with Crippen LogP contribution in [-0.2, 0) is 14.0 Å². The average molecular weight is 393 g/mol. The molecule has 4 heteroatoms. The van der Waals surface area contributed by atoms with Crippen LogP contribution in [-0.4, -0.2) is 27.5 Å². The number of carbonyl (C=O) groups excluding carboxylic acids is 1. The van der Waals surface area contributed by atoms with Gasteiger partial charge in [-0.2, -0.15) is 0 Å². The number of hydrogen-bond acceptors (Lipinski definition) is 3. The standard InChI is InChI=1S/C23H40O3Si/c1-9-10-12-17-20(26-27(7,8)23(3,4)5)21(22(24)25-6)18(2)19-15-13-11-14-16-19/h11,13-16,18,20-21H,9-10,12,17H2,1-8H3/t18-,20+,21+/m1/s1. The monoisotopic (exact) mass is 392 g/mol. The minimum atomic E-state index is -2.00. The quantitative estimate of drug-likeness (QED) is 0.257. The number of rotatable bonds is 10. The number of ether oxygens (including phenoxy) is 1. The second-order valence-electron chi connectivity index (χ2n) is 9.16. The lowest BCUT2D eigenvalue weighted by Crippen LogP contribution is -2.48. The van der Waals surface area contributed by atoms with Crippen molar-refractivity contribution in [3.63, 3.8) is 0 Å². The van der Waals surface area contributed by atoms with Crippen LogP contribution in [0, 0.1) is 5.92 Å². The number of carbonyl (C=O) groups is 1. The molecule has 0 bridgehead atoms. The Kier molecular flexibility index (Phi) is 9.23. The molecule has 0 radical (unpaired) electrons. The van der Waals surface area contributed by atoms with E-state index in [4.69, 9.17) is 9.16 Å². The topological polar surface area (TPSA) is 35.5 Å². The second-order valence-corrected chi connectivity index (χ2v) is 13.9. The maximum absolute atomic E-state index is 12.8. The number of methoxy groups -OCH3 is 1. The summed E-state index contributed by atoms with van der Waals surface area (Å²) in [7, 11) is -0.516. The van der Waals surface area contributed by atoms with Gasteiger partial charge in [0.05, 0.1) is 19.1 Å². The highest BCUT2D eigenvalue weighted by atomic mass is 28.4. The smallest absolute Gasteiger partial charge is 0.311 e. The van der Waals surface area contributed by atoms with E-state index in [1.54, 1.807) is 0 Å². The van der Waals surface area contributed by atoms with E-state index < -0.39 is 8.32 Å². The van der Waals surface area contributed by atoms with Crippen LogP contribution < -0.4 is 0 Å². The van der Waals surface area contributed by atoms with Gasteiger partial charge in [0, 0.05) is 0 Å². The zero-order chi connectivity index (χ0) is 20.7. The van der Waals surface area contributed by atoms with Crippen molar-refractivity contribution in [3.8, 4) is 0 Å². The van der Waals surface area contributed by atoms with E-state index >= 15 is 0 Å². The molecule has 0 aliphatic rings. The lowest BCUT2D eigenvalue weighted by Gasteiger charge is -2.42. The molecule has 1 rings (SSSR count). The fourth-order valence-electron chi connectivity index (χ4n) is 3.24. The minimum Gasteiger partial charge on any atom is -0.469 e. The summed E-state index contributed by atoms with van der Waals surface area (Å²) in [6, 6.07) is 10.3. The first-order valence-electron chi connectivity index (χ1n) is 10.4. The molecule has 3 atom stereocenters. The number of benzene rings is 1. The summed E-state index contributed by atoms with van der Waals surface area (Å²) < 4.78 is 12.1. The molecule has 0 aliphatic heterocycles. The first kappa shape index (κ1) is 23.9. The van der Waals surface area contributed by atoms with Crippen LogP contribution in [0.15, 0.2) is 30.3 Å². The van der Waals surface area contributed by atoms with E-state index in [2.05, 4.69) is 59.8 Å². The third-order valence-corrected chi connectivity index (χ3v) is 10.6. The summed E-state index contributed by atoms with van der Waals surface area (Å²) in [4.78, 5) is 12.8. The lowest BCUT2D eigenvalue weighted by molar-refractivity contribution is -0.150. The molecule has 154 valence electrons. The Morgan fingerprint density at radius 2 is 1.70 bits per heavy atom. The van der Waals surface area contributed by atoms with Crippen LogP contribution in [0.5, 0.6) is 0 Å². The fourth-order valence-corrected chi connectivity index (χ4v) is 4.62. The number of esters is 1. The molecule has 0 N–H and O–H groups in total. The highest BCUT2D eigenvalue weighted by Crippen LogP contribution is 2.41. The Hall–Kier alpha value is -1.13. The Morgan fingerprint density at radius 1 is 1.11 bits per heavy atom. The van der Waals surface area contributed by atoms with Gasteiger partial charge >= 0.3 is 5.97 Å². The van der Waals surface area contributed by atoms with Gasteiger partial charge in [-0.1, -0.05) is 84.2 Å². The fraction of sp³-hybridized carbons (Fsp3) is 0.696. The van der Waals surface area contributed by atoms with Crippen molar-refractivity contribution in [2.45, 2.75) is 90.5 Å². The minimum absolute atomic E-state index is 0.0510. The molecule has 0 spiro atoms. The zero-order valence-corrected chi connectivity index (χ0v) is 19.7. The van der Waals surface area contributed by atoms with Crippen molar-refractivity contribution >= 4 is 14.3 Å². The number of hydrogen-bond donors (Lipinski definition) is 0. The Morgan fingerprint density at radius 3 is 2.19 bits per heavy atom. The molecule has 0 saturated carbocycles. The highest BCUT2D eigenvalue weighted by Gasteiger charge is 2.43. The lowest BCUT2D eigenvalue weighted by atomic mass is 9.82. The normalized spacial score (nSPS) is 15.9. The molecule has 1 aromatic rings. The first-order chi connectivity index (χ1) is 12.5. The molecule has 0 amide bonds. The molecule has 0 unspecified atom stereocenters. The van der Waals surface area contributed by atoms with E-state index in [9.17, 15) is 4.79 Å². The van der Waals surface area contributed by atoms with Gasteiger partial charge in [0.15, 0.2) is 8.32 Å². The van der Waals surface area contributed by atoms with Crippen LogP contribution >= 0.6 is 0 Å². The van der Waals surface area contributed by atoms with E-state index in [1.807, 2.05) is 18.2 Å². The van der Waals surface area contributed by atoms with E-state index in [1.165, 1.54) is 7.11 Å². The Balaban J connectivity index is 3.22. The summed E-state index contributed by atoms with van der Waals surface area (Å²) in [5, 5.41) is 0.104. The molecular weight excluding hydrogens is 352 g/mol. The Bertz CT molecular complexity index is 563. The van der Waals surface area contributed by atoms with Crippen molar-refractivity contribution in [3.05, 3.63) is 35.9 Å². The predicted octanol–water partition coefficient (Wildman–Crippen LogP) is 6.55. The van der Waals surface area contributed by atoms with Crippen molar-refractivity contribution in [1.29, 1.82) is 0 Å². The maximum Gasteiger partial charge on any atom is 0.311 e. The van der Waals surface area contributed by atoms with Gasteiger partial charge in [0.25, 0.3) is 0 Å². The zero-order valence-electron chi connectivity index (χ0n) is 18.7. The molecule has 0 heterocycles. The third kappa shape index (κ3) is 6.76.